The number of carboxylic acids is 1. The van der Waals surface area contributed by atoms with Crippen molar-refractivity contribution in [3.8, 4) is 0 Å². The van der Waals surface area contributed by atoms with Crippen molar-refractivity contribution in [1.29, 1.82) is 0 Å². The first-order valence-electron chi connectivity index (χ1n) is 9.99. The van der Waals surface area contributed by atoms with E-state index in [1.54, 1.807) is 0 Å². The van der Waals surface area contributed by atoms with Crippen LogP contribution in [0.2, 0.25) is 0 Å². The highest BCUT2D eigenvalue weighted by atomic mass is 16.4. The molecule has 0 aromatic heterocycles. The Kier molecular flexibility index (Phi) is 10.00. The predicted octanol–water partition coefficient (Wildman–Crippen LogP) is -4.12. The van der Waals surface area contributed by atoms with Gasteiger partial charge in [0, 0.05) is 13.0 Å². The summed E-state index contributed by atoms with van der Waals surface area (Å²) >= 11 is 0. The lowest BCUT2D eigenvalue weighted by Gasteiger charge is -2.29. The Balaban J connectivity index is 2.96. The second kappa shape index (κ2) is 12.0. The zero-order valence-corrected chi connectivity index (χ0v) is 17.7. The molecule has 0 aliphatic carbocycles. The molecule has 1 saturated heterocycles. The average Bonchev–Trinajstić information content (AvgIpc) is 3.18. The number of aliphatic carboxylic acids is 1. The highest BCUT2D eigenvalue weighted by Gasteiger charge is 2.39. The van der Waals surface area contributed by atoms with Crippen LogP contribution in [0.4, 0.5) is 0 Å². The normalized spacial score (nSPS) is 19.3. The maximum atomic E-state index is 13.0. The van der Waals surface area contributed by atoms with Gasteiger partial charge >= 0.3 is 5.97 Å². The van der Waals surface area contributed by atoms with Crippen LogP contribution in [0.15, 0.2) is 0 Å². The molecule has 180 valence electrons. The molecular formula is C18H30N6O8. The molecule has 1 fully saturated rings. The van der Waals surface area contributed by atoms with Gasteiger partial charge in [-0.05, 0) is 26.2 Å². The fourth-order valence-electron chi connectivity index (χ4n) is 3.20. The number of carboxylic acid groups (broad SMARTS) is 1. The predicted molar refractivity (Wildman–Crippen MR) is 108 cm³/mol. The number of carbonyl (C=O) groups excluding carboxylic acids is 5. The van der Waals surface area contributed by atoms with Crippen LogP contribution in [0, 0.1) is 0 Å². The molecular weight excluding hydrogens is 428 g/mol. The van der Waals surface area contributed by atoms with E-state index >= 15 is 0 Å². The number of amides is 5. The number of hydrogen-bond acceptors (Lipinski definition) is 8. The maximum Gasteiger partial charge on any atom is 0.326 e. The molecule has 5 atom stereocenters. The van der Waals surface area contributed by atoms with E-state index in [-0.39, 0.29) is 25.8 Å². The third kappa shape index (κ3) is 7.77. The fourth-order valence-corrected chi connectivity index (χ4v) is 3.20. The molecule has 0 bridgehead atoms. The minimum atomic E-state index is -1.43. The number of aliphatic hydroxyl groups is 1. The van der Waals surface area contributed by atoms with Crippen LogP contribution in [0.25, 0.3) is 0 Å². The van der Waals surface area contributed by atoms with Crippen LogP contribution < -0.4 is 27.8 Å². The summed E-state index contributed by atoms with van der Waals surface area (Å²) in [7, 11) is 0. The first-order chi connectivity index (χ1) is 14.8. The molecule has 0 aromatic rings. The lowest BCUT2D eigenvalue weighted by Crippen LogP contribution is -2.58. The average molecular weight is 458 g/mol. The largest absolute Gasteiger partial charge is 0.480 e. The van der Waals surface area contributed by atoms with E-state index in [0.717, 1.165) is 4.90 Å². The lowest BCUT2D eigenvalue weighted by atomic mass is 10.1. The van der Waals surface area contributed by atoms with E-state index in [0.29, 0.717) is 6.42 Å². The third-order valence-electron chi connectivity index (χ3n) is 4.97. The van der Waals surface area contributed by atoms with Crippen molar-refractivity contribution in [1.82, 2.24) is 15.5 Å². The Morgan fingerprint density at radius 3 is 2.19 bits per heavy atom. The highest BCUT2D eigenvalue weighted by Crippen LogP contribution is 2.20. The summed E-state index contributed by atoms with van der Waals surface area (Å²) in [6.07, 6.45) is -1.66. The number of nitrogens with zero attached hydrogens (tertiary/aromatic N) is 1. The van der Waals surface area contributed by atoms with Gasteiger partial charge in [0.1, 0.15) is 24.2 Å². The summed E-state index contributed by atoms with van der Waals surface area (Å²) in [6, 6.07) is -5.24. The standard InChI is InChI=1S/C18H30N6O8/c1-8(25)14(21)16(29)23-10(7-13(20)27)17(30)24-6-2-3-11(24)15(28)22-9(18(31)32)4-5-12(19)26/h8-11,14,25H,2-7,21H2,1H3,(H2,19,26)(H2,20,27)(H,22,28)(H,23,29)(H,31,32). The van der Waals surface area contributed by atoms with Crippen LogP contribution in [0.3, 0.4) is 0 Å². The summed E-state index contributed by atoms with van der Waals surface area (Å²) in [5.41, 5.74) is 15.7. The number of rotatable bonds is 12. The monoisotopic (exact) mass is 458 g/mol. The molecule has 32 heavy (non-hydrogen) atoms. The topological polar surface area (TPSA) is 248 Å². The van der Waals surface area contributed by atoms with Gasteiger partial charge in [-0.25, -0.2) is 4.79 Å². The summed E-state index contributed by atoms with van der Waals surface area (Å²) in [5.74, 6) is -5.44. The lowest BCUT2D eigenvalue weighted by molar-refractivity contribution is -0.145. The van der Waals surface area contributed by atoms with Crippen molar-refractivity contribution in [3.63, 3.8) is 0 Å². The molecule has 1 aliphatic heterocycles. The van der Waals surface area contributed by atoms with Gasteiger partial charge in [-0.2, -0.15) is 0 Å². The molecule has 1 rings (SSSR count). The summed E-state index contributed by atoms with van der Waals surface area (Å²) in [6.45, 7) is 1.39. The van der Waals surface area contributed by atoms with Crippen LogP contribution in [0.1, 0.15) is 39.0 Å². The molecule has 0 radical (unpaired) electrons. The molecule has 1 aliphatic rings. The summed E-state index contributed by atoms with van der Waals surface area (Å²) in [4.78, 5) is 72.6. The van der Waals surface area contributed by atoms with E-state index in [9.17, 15) is 39.0 Å². The molecule has 1 heterocycles. The SMILES string of the molecule is CC(O)C(N)C(=O)NC(CC(N)=O)C(=O)N1CCCC1C(=O)NC(CCC(N)=O)C(=O)O. The van der Waals surface area contributed by atoms with Gasteiger partial charge in [-0.1, -0.05) is 0 Å². The Morgan fingerprint density at radius 2 is 1.69 bits per heavy atom. The molecule has 0 spiro atoms. The zero-order valence-electron chi connectivity index (χ0n) is 17.7. The van der Waals surface area contributed by atoms with Gasteiger partial charge < -0.3 is 42.9 Å². The molecule has 10 N–H and O–H groups in total. The van der Waals surface area contributed by atoms with Gasteiger partial charge in [-0.15, -0.1) is 0 Å². The highest BCUT2D eigenvalue weighted by molar-refractivity contribution is 5.96. The van der Waals surface area contributed by atoms with Crippen molar-refractivity contribution >= 4 is 35.5 Å². The molecule has 5 unspecified atom stereocenters. The van der Waals surface area contributed by atoms with Crippen molar-refractivity contribution in [3.05, 3.63) is 0 Å². The number of hydrogen-bond donors (Lipinski definition) is 7. The Hall–Kier alpha value is -3.26. The van der Waals surface area contributed by atoms with Gasteiger partial charge in [-0.3, -0.25) is 24.0 Å². The zero-order chi connectivity index (χ0) is 24.6. The second-order valence-electron chi connectivity index (χ2n) is 7.59. The number of primary amides is 2. The number of aliphatic hydroxyl groups excluding tert-OH is 1. The number of carbonyl (C=O) groups is 6. The quantitative estimate of drug-likeness (QED) is 0.150. The number of likely N-dealkylation sites (tertiary alicyclic amines) is 1. The van der Waals surface area contributed by atoms with Crippen molar-refractivity contribution in [2.75, 3.05) is 6.54 Å². The van der Waals surface area contributed by atoms with Crippen molar-refractivity contribution < 1.29 is 39.0 Å². The molecule has 14 heteroatoms. The van der Waals surface area contributed by atoms with E-state index in [2.05, 4.69) is 10.6 Å². The fraction of sp³-hybridized carbons (Fsp3) is 0.667. The minimum Gasteiger partial charge on any atom is -0.480 e. The van der Waals surface area contributed by atoms with E-state index in [1.165, 1.54) is 6.92 Å². The first-order valence-corrected chi connectivity index (χ1v) is 9.99. The minimum absolute atomic E-state index is 0.115. The van der Waals surface area contributed by atoms with Crippen molar-refractivity contribution in [2.45, 2.75) is 69.3 Å². The van der Waals surface area contributed by atoms with Crippen LogP contribution in [-0.4, -0.2) is 87.4 Å². The Bertz CT molecular complexity index is 758. The summed E-state index contributed by atoms with van der Waals surface area (Å²) in [5, 5.41) is 23.3. The molecule has 5 amide bonds. The van der Waals surface area contributed by atoms with Gasteiger partial charge in [0.2, 0.25) is 29.5 Å². The van der Waals surface area contributed by atoms with E-state index in [4.69, 9.17) is 17.2 Å². The molecule has 0 aromatic carbocycles. The maximum absolute atomic E-state index is 13.0. The first kappa shape index (κ1) is 26.8. The van der Waals surface area contributed by atoms with Gasteiger partial charge in [0.05, 0.1) is 12.5 Å². The smallest absolute Gasteiger partial charge is 0.326 e. The van der Waals surface area contributed by atoms with Gasteiger partial charge in [0.25, 0.3) is 0 Å². The Labute approximate surface area is 183 Å². The molecule has 14 nitrogen and oxygen atoms in total. The van der Waals surface area contributed by atoms with Crippen LogP contribution in [-0.2, 0) is 28.8 Å². The van der Waals surface area contributed by atoms with E-state index in [1.807, 2.05) is 0 Å². The van der Waals surface area contributed by atoms with E-state index < -0.39 is 72.2 Å². The second-order valence-corrected chi connectivity index (χ2v) is 7.59. The van der Waals surface area contributed by atoms with Crippen LogP contribution >= 0.6 is 0 Å². The van der Waals surface area contributed by atoms with Gasteiger partial charge in [0.15, 0.2) is 0 Å². The van der Waals surface area contributed by atoms with Crippen LogP contribution in [0.5, 0.6) is 0 Å². The molecule has 0 saturated carbocycles. The number of nitrogens with two attached hydrogens (primary N) is 3. The third-order valence-corrected chi connectivity index (χ3v) is 4.97. The Morgan fingerprint density at radius 1 is 1.06 bits per heavy atom. The number of nitrogens with one attached hydrogen (secondary N) is 2. The van der Waals surface area contributed by atoms with Crippen molar-refractivity contribution in [2.24, 2.45) is 17.2 Å². The summed E-state index contributed by atoms with van der Waals surface area (Å²) < 4.78 is 0.